The van der Waals surface area contributed by atoms with E-state index in [0.29, 0.717) is 13.2 Å². The fourth-order valence-electron chi connectivity index (χ4n) is 1.44. The Kier molecular flexibility index (Phi) is 3.10. The number of hydrogen-bond donors (Lipinski definition) is 2. The van der Waals surface area contributed by atoms with Gasteiger partial charge >= 0.3 is 0 Å². The molecule has 2 unspecified atom stereocenters. The number of hydrogen-bond acceptors (Lipinski definition) is 3. The summed E-state index contributed by atoms with van der Waals surface area (Å²) < 4.78 is 5.29. The van der Waals surface area contributed by atoms with Crippen molar-refractivity contribution in [3.63, 3.8) is 0 Å². The van der Waals surface area contributed by atoms with Gasteiger partial charge in [-0.2, -0.15) is 0 Å². The Morgan fingerprint density at radius 3 is 3.00 bits per heavy atom. The molecule has 1 heterocycles. The fourth-order valence-corrected chi connectivity index (χ4v) is 1.44. The van der Waals surface area contributed by atoms with Gasteiger partial charge in [-0.25, -0.2) is 0 Å². The number of terminal acetylenes is 1. The van der Waals surface area contributed by atoms with Gasteiger partial charge < -0.3 is 10.5 Å². The maximum Gasteiger partial charge on any atom is 0.0663 e. The fraction of sp³-hybridized carbons (Fsp3) is 0.778. The Balaban J connectivity index is 2.50. The Hall–Kier alpha value is -0.560. The third kappa shape index (κ3) is 1.98. The average molecular weight is 168 g/mol. The van der Waals surface area contributed by atoms with Crippen LogP contribution in [0.3, 0.4) is 0 Å². The third-order valence-electron chi connectivity index (χ3n) is 2.27. The molecular weight excluding hydrogens is 152 g/mol. The van der Waals surface area contributed by atoms with Crippen molar-refractivity contribution >= 4 is 0 Å². The van der Waals surface area contributed by atoms with Crippen molar-refractivity contribution in [1.29, 1.82) is 0 Å². The molecule has 1 rings (SSSR count). The molecule has 0 aliphatic carbocycles. The maximum atomic E-state index is 5.66. The van der Waals surface area contributed by atoms with E-state index in [1.54, 1.807) is 0 Å². The first-order chi connectivity index (χ1) is 5.72. The van der Waals surface area contributed by atoms with Crippen molar-refractivity contribution in [2.45, 2.75) is 24.9 Å². The molecule has 0 spiro atoms. The van der Waals surface area contributed by atoms with Gasteiger partial charge in [0.05, 0.1) is 18.2 Å². The van der Waals surface area contributed by atoms with Crippen LogP contribution in [0, 0.1) is 12.3 Å². The number of ether oxygens (including phenoxy) is 1. The first-order valence-corrected chi connectivity index (χ1v) is 4.24. The summed E-state index contributed by atoms with van der Waals surface area (Å²) in [6, 6.07) is 0.0650. The maximum absolute atomic E-state index is 5.66. The summed E-state index contributed by atoms with van der Waals surface area (Å²) in [5, 5.41) is 3.31. The van der Waals surface area contributed by atoms with Gasteiger partial charge in [0.2, 0.25) is 0 Å². The Morgan fingerprint density at radius 1 is 1.83 bits per heavy atom. The molecule has 1 saturated heterocycles. The standard InChI is InChI=1S/C9H16N2O/c1-3-8(2)11-9(6-10)4-5-12-7-9/h1,8,11H,4-7,10H2,2H3. The molecule has 68 valence electrons. The number of rotatable bonds is 3. The lowest BCUT2D eigenvalue weighted by Gasteiger charge is -2.28. The third-order valence-corrected chi connectivity index (χ3v) is 2.27. The predicted molar refractivity (Wildman–Crippen MR) is 48.7 cm³/mol. The van der Waals surface area contributed by atoms with E-state index < -0.39 is 0 Å². The van der Waals surface area contributed by atoms with Gasteiger partial charge in [-0.15, -0.1) is 6.42 Å². The lowest BCUT2D eigenvalue weighted by molar-refractivity contribution is 0.167. The van der Waals surface area contributed by atoms with E-state index in [1.165, 1.54) is 0 Å². The van der Waals surface area contributed by atoms with Crippen LogP contribution < -0.4 is 11.1 Å². The van der Waals surface area contributed by atoms with Gasteiger partial charge in [0.15, 0.2) is 0 Å². The largest absolute Gasteiger partial charge is 0.379 e. The van der Waals surface area contributed by atoms with Crippen LogP contribution in [0.1, 0.15) is 13.3 Å². The highest BCUT2D eigenvalue weighted by Crippen LogP contribution is 2.17. The van der Waals surface area contributed by atoms with Crippen molar-refractivity contribution in [2.75, 3.05) is 19.8 Å². The van der Waals surface area contributed by atoms with Crippen molar-refractivity contribution in [1.82, 2.24) is 5.32 Å². The van der Waals surface area contributed by atoms with Gasteiger partial charge in [0.1, 0.15) is 0 Å². The van der Waals surface area contributed by atoms with Gasteiger partial charge in [-0.05, 0) is 13.3 Å². The summed E-state index contributed by atoms with van der Waals surface area (Å²) in [5.74, 6) is 2.63. The van der Waals surface area contributed by atoms with Crippen LogP contribution in [0.25, 0.3) is 0 Å². The lowest BCUT2D eigenvalue weighted by Crippen LogP contribution is -2.54. The summed E-state index contributed by atoms with van der Waals surface area (Å²) >= 11 is 0. The Bertz CT molecular complexity index is 179. The molecule has 0 aromatic heterocycles. The number of nitrogens with two attached hydrogens (primary N) is 1. The second kappa shape index (κ2) is 3.90. The summed E-state index contributed by atoms with van der Waals surface area (Å²) in [5.41, 5.74) is 5.58. The van der Waals surface area contributed by atoms with Gasteiger partial charge in [0, 0.05) is 13.2 Å². The molecule has 1 aliphatic rings. The zero-order chi connectivity index (χ0) is 9.03. The van der Waals surface area contributed by atoms with Crippen molar-refractivity contribution in [2.24, 2.45) is 5.73 Å². The summed E-state index contributed by atoms with van der Waals surface area (Å²) in [4.78, 5) is 0. The molecule has 2 atom stereocenters. The summed E-state index contributed by atoms with van der Waals surface area (Å²) in [6.45, 7) is 3.99. The van der Waals surface area contributed by atoms with Crippen molar-refractivity contribution in [3.8, 4) is 12.3 Å². The zero-order valence-corrected chi connectivity index (χ0v) is 7.47. The van der Waals surface area contributed by atoms with Gasteiger partial charge in [-0.3, -0.25) is 5.32 Å². The molecule has 0 amide bonds. The predicted octanol–water partition coefficient (Wildman–Crippen LogP) is -0.284. The van der Waals surface area contributed by atoms with E-state index in [1.807, 2.05) is 6.92 Å². The first kappa shape index (κ1) is 9.53. The van der Waals surface area contributed by atoms with Crippen LogP contribution >= 0.6 is 0 Å². The Morgan fingerprint density at radius 2 is 2.58 bits per heavy atom. The molecule has 1 aliphatic heterocycles. The van der Waals surface area contributed by atoms with Crippen molar-refractivity contribution in [3.05, 3.63) is 0 Å². The Labute approximate surface area is 73.7 Å². The van der Waals surface area contributed by atoms with E-state index >= 15 is 0 Å². The molecule has 0 aromatic rings. The normalized spacial score (nSPS) is 31.4. The molecule has 3 heteroatoms. The molecule has 1 fully saturated rings. The minimum atomic E-state index is -0.0776. The van der Waals surface area contributed by atoms with E-state index in [4.69, 9.17) is 16.9 Å². The second-order valence-corrected chi connectivity index (χ2v) is 3.32. The van der Waals surface area contributed by atoms with Crippen LogP contribution in [-0.2, 0) is 4.74 Å². The minimum absolute atomic E-state index is 0.0650. The highest BCUT2D eigenvalue weighted by Gasteiger charge is 2.33. The highest BCUT2D eigenvalue weighted by atomic mass is 16.5. The SMILES string of the molecule is C#CC(C)NC1(CN)CCOC1. The van der Waals surface area contributed by atoms with E-state index in [0.717, 1.165) is 13.0 Å². The molecule has 3 N–H and O–H groups in total. The molecule has 0 bridgehead atoms. The minimum Gasteiger partial charge on any atom is -0.379 e. The summed E-state index contributed by atoms with van der Waals surface area (Å²) in [6.07, 6.45) is 6.22. The van der Waals surface area contributed by atoms with Gasteiger partial charge in [0.25, 0.3) is 0 Å². The van der Waals surface area contributed by atoms with Crippen LogP contribution in [0.5, 0.6) is 0 Å². The monoisotopic (exact) mass is 168 g/mol. The molecule has 0 radical (unpaired) electrons. The van der Waals surface area contributed by atoms with Crippen LogP contribution in [-0.4, -0.2) is 31.3 Å². The molecule has 0 saturated carbocycles. The zero-order valence-electron chi connectivity index (χ0n) is 7.47. The van der Waals surface area contributed by atoms with Crippen LogP contribution in [0.2, 0.25) is 0 Å². The molecule has 12 heavy (non-hydrogen) atoms. The quantitative estimate of drug-likeness (QED) is 0.570. The van der Waals surface area contributed by atoms with E-state index in [2.05, 4.69) is 11.2 Å². The first-order valence-electron chi connectivity index (χ1n) is 4.24. The number of nitrogens with one attached hydrogen (secondary N) is 1. The van der Waals surface area contributed by atoms with Crippen LogP contribution in [0.15, 0.2) is 0 Å². The lowest BCUT2D eigenvalue weighted by atomic mass is 9.98. The van der Waals surface area contributed by atoms with Crippen LogP contribution in [0.4, 0.5) is 0 Å². The molecule has 0 aromatic carbocycles. The average Bonchev–Trinajstić information content (AvgIpc) is 2.54. The van der Waals surface area contributed by atoms with Crippen molar-refractivity contribution < 1.29 is 4.74 Å². The second-order valence-electron chi connectivity index (χ2n) is 3.32. The molecular formula is C9H16N2O. The summed E-state index contributed by atoms with van der Waals surface area (Å²) in [7, 11) is 0. The van der Waals surface area contributed by atoms with E-state index in [9.17, 15) is 0 Å². The topological polar surface area (TPSA) is 47.3 Å². The molecule has 3 nitrogen and oxygen atoms in total. The van der Waals surface area contributed by atoms with Gasteiger partial charge in [-0.1, -0.05) is 5.92 Å². The smallest absolute Gasteiger partial charge is 0.0663 e. The highest BCUT2D eigenvalue weighted by molar-refractivity contribution is 5.03. The van der Waals surface area contributed by atoms with E-state index in [-0.39, 0.29) is 11.6 Å².